The van der Waals surface area contributed by atoms with Crippen molar-refractivity contribution in [3.63, 3.8) is 0 Å². The molecule has 0 N–H and O–H groups in total. The first-order chi connectivity index (χ1) is 39.3. The van der Waals surface area contributed by atoms with Gasteiger partial charge in [-0.2, -0.15) is 0 Å². The highest BCUT2D eigenvalue weighted by Crippen LogP contribution is 2.28. The zero-order valence-corrected chi connectivity index (χ0v) is 48.6. The van der Waals surface area contributed by atoms with Gasteiger partial charge in [-0.25, -0.2) is 9.97 Å². The largest absolute Gasteiger partial charge is 0.265 e. The van der Waals surface area contributed by atoms with Gasteiger partial charge in [-0.15, -0.1) is 0 Å². The van der Waals surface area contributed by atoms with Crippen LogP contribution < -0.4 is 0 Å². The van der Waals surface area contributed by atoms with Crippen molar-refractivity contribution in [3.05, 3.63) is 234 Å². The number of hydrogen-bond donors (Lipinski definition) is 0. The molecule has 8 aromatic carbocycles. The normalized spacial score (nSPS) is 9.96. The Morgan fingerprint density at radius 3 is 0.762 bits per heavy atom. The lowest BCUT2D eigenvalue weighted by Crippen LogP contribution is -1.93. The first kappa shape index (κ1) is 72.0. The van der Waals surface area contributed by atoms with Crippen molar-refractivity contribution in [1.82, 2.24) is 9.97 Å². The Morgan fingerprint density at radius 2 is 0.500 bits per heavy atom. The molecule has 9 rings (SSSR count). The molecule has 9 aromatic rings. The van der Waals surface area contributed by atoms with Gasteiger partial charge in [0.2, 0.25) is 0 Å². The van der Waals surface area contributed by atoms with E-state index in [4.69, 9.17) is 0 Å². The van der Waals surface area contributed by atoms with Crippen LogP contribution >= 0.6 is 0 Å². The molecule has 1 aromatic heterocycles. The number of nitrogens with zero attached hydrogens (tertiary/aromatic N) is 5. The molecular weight excluding hydrogens is 1020 g/mol. The molecule has 0 radical (unpaired) electrons. The van der Waals surface area contributed by atoms with Gasteiger partial charge in [0.15, 0.2) is 5.82 Å². The van der Waals surface area contributed by atoms with Crippen molar-refractivity contribution < 1.29 is 0 Å². The second-order valence-corrected chi connectivity index (χ2v) is 20.4. The highest BCUT2D eigenvalue weighted by molar-refractivity contribution is 5.70. The monoisotopic (exact) mass is 1120 g/mol. The van der Waals surface area contributed by atoms with Crippen LogP contribution in [0.1, 0.15) is 156 Å². The second-order valence-electron chi connectivity index (χ2n) is 20.4. The molecule has 84 heavy (non-hydrogen) atoms. The SMILES string of the molecule is C.C.C.C.C=Nc1ccc(-c2ccc(CC)cc2)cc1.C=Nc1ccc(-c2ccc(CCC)cc2)cc1.C=Nc1ccc(-c2ccc(CCCCC)cc2)cc1.CCCCCc1ccc(-c2ccc(-c3ncc(CCCCC)cn3)cc2)cc1. The van der Waals surface area contributed by atoms with E-state index in [0.717, 1.165) is 47.7 Å². The third-order valence-electron chi connectivity index (χ3n) is 14.3. The van der Waals surface area contributed by atoms with Gasteiger partial charge in [0, 0.05) is 18.0 Å². The van der Waals surface area contributed by atoms with E-state index in [0.29, 0.717) is 0 Å². The van der Waals surface area contributed by atoms with E-state index in [-0.39, 0.29) is 29.7 Å². The van der Waals surface area contributed by atoms with E-state index in [9.17, 15) is 0 Å². The Labute approximate surface area is 510 Å². The van der Waals surface area contributed by atoms with Gasteiger partial charge < -0.3 is 0 Å². The van der Waals surface area contributed by atoms with Crippen molar-refractivity contribution in [2.24, 2.45) is 15.0 Å². The summed E-state index contributed by atoms with van der Waals surface area (Å²) in [4.78, 5) is 20.8. The number of hydrogen-bond acceptors (Lipinski definition) is 5. The predicted molar refractivity (Wildman–Crippen MR) is 376 cm³/mol. The third kappa shape index (κ3) is 24.0. The van der Waals surface area contributed by atoms with Crippen LogP contribution in [0.2, 0.25) is 0 Å². The summed E-state index contributed by atoms with van der Waals surface area (Å²) in [6.45, 7) is 21.6. The first-order valence-corrected chi connectivity index (χ1v) is 29.3. The molecule has 0 saturated heterocycles. The Hall–Kier alpha value is -8.15. The van der Waals surface area contributed by atoms with Crippen LogP contribution in [-0.2, 0) is 32.1 Å². The second kappa shape index (κ2) is 40.9. The Kier molecular flexibility index (Phi) is 35.1. The Balaban J connectivity index is 0.000000386. The summed E-state index contributed by atoms with van der Waals surface area (Å²) in [7, 11) is 0. The predicted octanol–water partition coefficient (Wildman–Crippen LogP) is 24.1. The van der Waals surface area contributed by atoms with Crippen LogP contribution in [0.25, 0.3) is 55.9 Å². The van der Waals surface area contributed by atoms with Crippen molar-refractivity contribution in [1.29, 1.82) is 0 Å². The molecule has 1 heterocycles. The molecule has 0 atom stereocenters. The minimum atomic E-state index is 0. The molecule has 0 unspecified atom stereocenters. The number of aryl methyl sites for hydroxylation is 5. The molecule has 0 aliphatic rings. The Bertz CT molecular complexity index is 3070. The van der Waals surface area contributed by atoms with Crippen molar-refractivity contribution >= 4 is 37.2 Å². The molecule has 0 aliphatic heterocycles. The van der Waals surface area contributed by atoms with Gasteiger partial charge in [0.1, 0.15) is 0 Å². The fraction of sp³-hybridized carbons (Fsp3) is 0.304. The van der Waals surface area contributed by atoms with Gasteiger partial charge in [0.05, 0.1) is 17.1 Å². The summed E-state index contributed by atoms with van der Waals surface area (Å²) in [5.41, 5.74) is 20.6. The highest BCUT2D eigenvalue weighted by Gasteiger charge is 2.06. The topological polar surface area (TPSA) is 62.9 Å². The van der Waals surface area contributed by atoms with E-state index in [2.05, 4.69) is 237 Å². The molecular formula is C79H101N5. The zero-order chi connectivity index (χ0) is 56.6. The standard InChI is InChI=1S/C26H32N2.C18H21N.C16H17N.C15H15N.4CH4/c1-3-5-7-9-21-11-13-23(14-12-21)24-15-17-25(18-16-24)26-27-19-22(20-28-26)10-8-6-4-2;1-3-4-5-6-15-7-9-16(10-8-15)17-11-13-18(19-2)14-12-17;1-3-4-13-5-7-14(8-6-13)15-9-11-16(17-2)12-10-15;1-3-12-4-6-13(7-5-12)14-8-10-15(16-2)11-9-14;;;;/h11-20H,3-10H2,1-2H3;7-14H,2-6H2,1H3;5-12H,2-4H2,1H3;4-11H,2-3H2,1H3;4*1H4. The summed E-state index contributed by atoms with van der Waals surface area (Å²) < 4.78 is 0. The average molecular weight is 1120 g/mol. The summed E-state index contributed by atoms with van der Waals surface area (Å²) in [5.74, 6) is 0.803. The van der Waals surface area contributed by atoms with E-state index in [1.165, 1.54) is 149 Å². The van der Waals surface area contributed by atoms with Crippen molar-refractivity contribution in [3.8, 4) is 55.9 Å². The molecule has 0 bridgehead atoms. The molecule has 0 fully saturated rings. The Morgan fingerprint density at radius 1 is 0.262 bits per heavy atom. The fourth-order valence-electron chi connectivity index (χ4n) is 9.27. The van der Waals surface area contributed by atoms with Crippen LogP contribution in [0, 0.1) is 0 Å². The third-order valence-corrected chi connectivity index (χ3v) is 14.3. The molecule has 5 heteroatoms. The van der Waals surface area contributed by atoms with E-state index >= 15 is 0 Å². The van der Waals surface area contributed by atoms with E-state index in [1.54, 1.807) is 0 Å². The lowest BCUT2D eigenvalue weighted by Gasteiger charge is -2.06. The van der Waals surface area contributed by atoms with E-state index in [1.807, 2.05) is 48.8 Å². The smallest absolute Gasteiger partial charge is 0.159 e. The number of benzene rings is 8. The van der Waals surface area contributed by atoms with Gasteiger partial charge in [-0.05, 0) is 180 Å². The number of aromatic nitrogens is 2. The van der Waals surface area contributed by atoms with Gasteiger partial charge in [0.25, 0.3) is 0 Å². The van der Waals surface area contributed by atoms with Crippen LogP contribution in [0.4, 0.5) is 17.1 Å². The lowest BCUT2D eigenvalue weighted by molar-refractivity contribution is 0.714. The van der Waals surface area contributed by atoms with Crippen LogP contribution in [0.3, 0.4) is 0 Å². The van der Waals surface area contributed by atoms with Crippen LogP contribution in [-0.4, -0.2) is 30.1 Å². The van der Waals surface area contributed by atoms with Crippen molar-refractivity contribution in [2.75, 3.05) is 0 Å². The lowest BCUT2D eigenvalue weighted by atomic mass is 10.0. The average Bonchev–Trinajstić information content (AvgIpc) is 3.73. The number of aliphatic imine (C=N–C) groups is 3. The zero-order valence-electron chi connectivity index (χ0n) is 48.6. The van der Waals surface area contributed by atoms with Crippen LogP contribution in [0.15, 0.2) is 221 Å². The summed E-state index contributed by atoms with van der Waals surface area (Å²) in [5, 5.41) is 0. The van der Waals surface area contributed by atoms with Crippen molar-refractivity contribution in [2.45, 2.75) is 161 Å². The molecule has 442 valence electrons. The molecule has 0 saturated carbocycles. The maximum atomic E-state index is 4.57. The first-order valence-electron chi connectivity index (χ1n) is 29.3. The maximum absolute atomic E-state index is 4.57. The van der Waals surface area contributed by atoms with Gasteiger partial charge in [-0.3, -0.25) is 15.0 Å². The molecule has 0 amide bonds. The summed E-state index contributed by atoms with van der Waals surface area (Å²) >= 11 is 0. The van der Waals surface area contributed by atoms with Crippen LogP contribution in [0.5, 0.6) is 0 Å². The van der Waals surface area contributed by atoms with Gasteiger partial charge in [-0.1, -0.05) is 267 Å². The highest BCUT2D eigenvalue weighted by atomic mass is 14.9. The molecule has 5 nitrogen and oxygen atoms in total. The summed E-state index contributed by atoms with van der Waals surface area (Å²) in [6, 6.07) is 68.4. The molecule has 0 spiro atoms. The van der Waals surface area contributed by atoms with Gasteiger partial charge >= 0.3 is 0 Å². The minimum Gasteiger partial charge on any atom is -0.265 e. The van der Waals surface area contributed by atoms with E-state index < -0.39 is 0 Å². The summed E-state index contributed by atoms with van der Waals surface area (Å²) in [6.07, 6.45) is 22.3. The number of unbranched alkanes of at least 4 members (excludes halogenated alkanes) is 6. The molecule has 0 aliphatic carbocycles. The quantitative estimate of drug-likeness (QED) is 0.0473. The minimum absolute atomic E-state index is 0. The number of rotatable bonds is 23. The fourth-order valence-corrected chi connectivity index (χ4v) is 9.27. The maximum Gasteiger partial charge on any atom is 0.159 e.